The third-order valence-electron chi connectivity index (χ3n) is 10.0. The number of aromatic nitrogens is 2. The maximum atomic E-state index is 4.99. The molecule has 8 aromatic rings. The van der Waals surface area contributed by atoms with Crippen LogP contribution in [0.15, 0.2) is 182 Å². The van der Waals surface area contributed by atoms with Crippen LogP contribution in [0.3, 0.4) is 0 Å². The average Bonchev–Trinajstić information content (AvgIpc) is 3.47. The van der Waals surface area contributed by atoms with E-state index in [0.29, 0.717) is 6.54 Å². The summed E-state index contributed by atoms with van der Waals surface area (Å²) < 4.78 is 2.45. The molecule has 0 saturated heterocycles. The van der Waals surface area contributed by atoms with Crippen LogP contribution in [0, 0.1) is 0 Å². The predicted molar refractivity (Wildman–Crippen MR) is 208 cm³/mol. The Labute approximate surface area is 290 Å². The van der Waals surface area contributed by atoms with Crippen LogP contribution in [0.5, 0.6) is 0 Å². The zero-order valence-corrected chi connectivity index (χ0v) is 27.3. The highest BCUT2D eigenvalue weighted by molar-refractivity contribution is 6.10. The Balaban J connectivity index is 1.31. The van der Waals surface area contributed by atoms with Crippen LogP contribution in [0.2, 0.25) is 0 Å². The number of allylic oxidation sites excluding steroid dienone is 1. The fourth-order valence-electron chi connectivity index (χ4n) is 7.86. The molecule has 2 aromatic heterocycles. The molecule has 236 valence electrons. The van der Waals surface area contributed by atoms with Gasteiger partial charge in [0.1, 0.15) is 0 Å². The monoisotopic (exact) mass is 640 g/mol. The average molecular weight is 641 g/mol. The standard InChI is InChI=1S/C46H32N4/c1-3-13-31(14-4-1)33-27-34(45-37-18-8-7-15-32(37)23-26-48-45)29-36(28-33)49-41-21-11-9-19-38(41)44-39-20-10-12-22-42(39)50(35-16-5-2-6-17-35)46(44)40-30-47-25-24-43(40)49/h1-29,47H,30H2. The zero-order chi connectivity index (χ0) is 33.0. The van der Waals surface area contributed by atoms with Gasteiger partial charge in [-0.15, -0.1) is 0 Å². The van der Waals surface area contributed by atoms with E-state index in [1.54, 1.807) is 0 Å². The molecule has 10 rings (SSSR count). The van der Waals surface area contributed by atoms with Crippen molar-refractivity contribution in [1.29, 1.82) is 0 Å². The Bertz CT molecular complexity index is 2640. The van der Waals surface area contributed by atoms with Gasteiger partial charge < -0.3 is 14.8 Å². The van der Waals surface area contributed by atoms with Crippen LogP contribution >= 0.6 is 0 Å². The number of dihydropyridines is 1. The van der Waals surface area contributed by atoms with Crippen molar-refractivity contribution in [3.8, 4) is 39.2 Å². The topological polar surface area (TPSA) is 33.1 Å². The number of anilines is 2. The zero-order valence-electron chi connectivity index (χ0n) is 27.3. The van der Waals surface area contributed by atoms with Crippen LogP contribution in [0.4, 0.5) is 11.4 Å². The normalized spacial score (nSPS) is 13.5. The van der Waals surface area contributed by atoms with Crippen molar-refractivity contribution < 1.29 is 0 Å². The highest BCUT2D eigenvalue weighted by Crippen LogP contribution is 2.51. The molecule has 0 aliphatic carbocycles. The lowest BCUT2D eigenvalue weighted by Gasteiger charge is -2.31. The second kappa shape index (κ2) is 11.5. The molecule has 50 heavy (non-hydrogen) atoms. The van der Waals surface area contributed by atoms with E-state index in [2.05, 4.69) is 185 Å². The number of pyridine rings is 1. The third kappa shape index (κ3) is 4.42. The number of hydrogen-bond donors (Lipinski definition) is 1. The molecule has 0 fully saturated rings. The molecular formula is C46H32N4. The molecule has 0 unspecified atom stereocenters. The summed E-state index contributed by atoms with van der Waals surface area (Å²) in [5, 5.41) is 7.13. The van der Waals surface area contributed by atoms with Gasteiger partial charge in [0, 0.05) is 57.2 Å². The Morgan fingerprint density at radius 3 is 2.18 bits per heavy atom. The SMILES string of the molecule is C1=CC2=C(CN1)c1c(c3ccccc3n1-c1ccccc1)-c1ccccc1N2c1cc(-c2ccccc2)cc(-c2nccc3ccccc23)c1. The fraction of sp³-hybridized carbons (Fsp3) is 0.0217. The molecule has 4 heterocycles. The summed E-state index contributed by atoms with van der Waals surface area (Å²) >= 11 is 0. The summed E-state index contributed by atoms with van der Waals surface area (Å²) in [7, 11) is 0. The quantitative estimate of drug-likeness (QED) is 0.208. The molecule has 0 amide bonds. The highest BCUT2D eigenvalue weighted by Gasteiger charge is 2.33. The van der Waals surface area contributed by atoms with Gasteiger partial charge in [-0.05, 0) is 77.3 Å². The minimum atomic E-state index is 0.697. The van der Waals surface area contributed by atoms with Gasteiger partial charge in [-0.25, -0.2) is 0 Å². The van der Waals surface area contributed by atoms with Crippen LogP contribution in [-0.4, -0.2) is 16.1 Å². The first-order chi connectivity index (χ1) is 24.8. The van der Waals surface area contributed by atoms with E-state index in [0.717, 1.165) is 45.0 Å². The van der Waals surface area contributed by atoms with Gasteiger partial charge >= 0.3 is 0 Å². The molecule has 0 saturated carbocycles. The van der Waals surface area contributed by atoms with E-state index in [1.807, 2.05) is 6.20 Å². The summed E-state index contributed by atoms with van der Waals surface area (Å²) in [6.07, 6.45) is 6.25. The van der Waals surface area contributed by atoms with E-state index >= 15 is 0 Å². The molecule has 4 nitrogen and oxygen atoms in total. The maximum absolute atomic E-state index is 4.99. The maximum Gasteiger partial charge on any atom is 0.0781 e. The van der Waals surface area contributed by atoms with E-state index < -0.39 is 0 Å². The van der Waals surface area contributed by atoms with Crippen LogP contribution in [-0.2, 0) is 0 Å². The summed E-state index contributed by atoms with van der Waals surface area (Å²) in [6, 6.07) is 56.7. The molecule has 0 radical (unpaired) electrons. The Hall–Kier alpha value is -6.65. The Morgan fingerprint density at radius 2 is 1.30 bits per heavy atom. The molecule has 2 aliphatic heterocycles. The van der Waals surface area contributed by atoms with Crippen LogP contribution in [0.25, 0.3) is 66.4 Å². The van der Waals surface area contributed by atoms with E-state index in [9.17, 15) is 0 Å². The van der Waals surface area contributed by atoms with Crippen molar-refractivity contribution in [1.82, 2.24) is 14.9 Å². The van der Waals surface area contributed by atoms with Gasteiger partial charge in [-0.2, -0.15) is 0 Å². The van der Waals surface area contributed by atoms with Crippen molar-refractivity contribution in [2.75, 3.05) is 11.4 Å². The number of benzene rings is 6. The van der Waals surface area contributed by atoms with Crippen molar-refractivity contribution in [3.05, 3.63) is 188 Å². The number of rotatable bonds is 4. The predicted octanol–water partition coefficient (Wildman–Crippen LogP) is 11.2. The lowest BCUT2D eigenvalue weighted by Crippen LogP contribution is -2.24. The summed E-state index contributed by atoms with van der Waals surface area (Å²) in [5.41, 5.74) is 15.0. The third-order valence-corrected chi connectivity index (χ3v) is 10.0. The van der Waals surface area contributed by atoms with E-state index in [4.69, 9.17) is 4.98 Å². The van der Waals surface area contributed by atoms with E-state index in [1.165, 1.54) is 44.2 Å². The number of nitrogens with one attached hydrogen (secondary N) is 1. The molecule has 2 aliphatic rings. The molecule has 6 aromatic carbocycles. The number of para-hydroxylation sites is 3. The van der Waals surface area contributed by atoms with Crippen LogP contribution in [0.1, 0.15) is 5.69 Å². The fourth-order valence-corrected chi connectivity index (χ4v) is 7.86. The number of hydrogen-bond acceptors (Lipinski definition) is 3. The van der Waals surface area contributed by atoms with Gasteiger partial charge in [0.15, 0.2) is 0 Å². The minimum Gasteiger partial charge on any atom is -0.387 e. The van der Waals surface area contributed by atoms with Gasteiger partial charge in [-0.3, -0.25) is 4.98 Å². The Kier molecular flexibility index (Phi) is 6.53. The molecule has 1 N–H and O–H groups in total. The first-order valence-electron chi connectivity index (χ1n) is 17.1. The second-order valence-corrected chi connectivity index (χ2v) is 12.9. The van der Waals surface area contributed by atoms with Crippen molar-refractivity contribution >= 4 is 38.6 Å². The second-order valence-electron chi connectivity index (χ2n) is 12.9. The molecular weight excluding hydrogens is 609 g/mol. The molecule has 4 heteroatoms. The Morgan fingerprint density at radius 1 is 0.580 bits per heavy atom. The summed E-state index contributed by atoms with van der Waals surface area (Å²) in [5.74, 6) is 0. The van der Waals surface area contributed by atoms with Gasteiger partial charge in [0.05, 0.1) is 28.3 Å². The summed E-state index contributed by atoms with van der Waals surface area (Å²) in [4.78, 5) is 7.45. The van der Waals surface area contributed by atoms with Crippen molar-refractivity contribution in [2.45, 2.75) is 0 Å². The lowest BCUT2D eigenvalue weighted by atomic mass is 9.96. The molecule has 0 atom stereocenters. The van der Waals surface area contributed by atoms with Gasteiger partial charge in [-0.1, -0.05) is 109 Å². The van der Waals surface area contributed by atoms with E-state index in [-0.39, 0.29) is 0 Å². The van der Waals surface area contributed by atoms with Gasteiger partial charge in [0.2, 0.25) is 0 Å². The summed E-state index contributed by atoms with van der Waals surface area (Å²) in [6.45, 7) is 0.697. The van der Waals surface area contributed by atoms with Crippen LogP contribution < -0.4 is 10.2 Å². The minimum absolute atomic E-state index is 0.697. The lowest BCUT2D eigenvalue weighted by molar-refractivity contribution is 0.947. The molecule has 0 spiro atoms. The molecule has 0 bridgehead atoms. The number of nitrogens with zero attached hydrogens (tertiary/aromatic N) is 3. The number of fused-ring (bicyclic) bond motifs is 7. The first-order valence-corrected chi connectivity index (χ1v) is 17.1. The highest BCUT2D eigenvalue weighted by atomic mass is 15.2. The van der Waals surface area contributed by atoms with Crippen molar-refractivity contribution in [3.63, 3.8) is 0 Å². The van der Waals surface area contributed by atoms with Crippen molar-refractivity contribution in [2.24, 2.45) is 0 Å². The smallest absolute Gasteiger partial charge is 0.0781 e. The largest absolute Gasteiger partial charge is 0.387 e. The first kappa shape index (κ1) is 28.4. The van der Waals surface area contributed by atoms with Gasteiger partial charge in [0.25, 0.3) is 0 Å².